The summed E-state index contributed by atoms with van der Waals surface area (Å²) in [5, 5.41) is 19.5. The SMILES string of the molecule is CCN1c2cc(C)c(/C=C3/C(C)=C(C#N)c4nc(N)c(C#N)c(C)c43)cc2[C@@H](C)CC1(C)C. The molecule has 2 aromatic rings. The van der Waals surface area contributed by atoms with Gasteiger partial charge in [0.15, 0.2) is 0 Å². The number of nitriles is 2. The van der Waals surface area contributed by atoms with E-state index in [2.05, 4.69) is 74.8 Å². The van der Waals surface area contributed by atoms with Crippen LogP contribution in [0.25, 0.3) is 17.2 Å². The summed E-state index contributed by atoms with van der Waals surface area (Å²) in [7, 11) is 0. The second-order valence-corrected chi connectivity index (χ2v) is 9.93. The molecule has 1 aliphatic carbocycles. The average Bonchev–Trinajstić information content (AvgIpc) is 2.99. The van der Waals surface area contributed by atoms with Crippen LogP contribution in [0.15, 0.2) is 17.7 Å². The number of nitrogens with zero attached hydrogens (tertiary/aromatic N) is 4. The van der Waals surface area contributed by atoms with Crippen molar-refractivity contribution in [1.82, 2.24) is 4.98 Å². The van der Waals surface area contributed by atoms with Gasteiger partial charge in [0.05, 0.1) is 16.8 Å². The zero-order valence-electron chi connectivity index (χ0n) is 20.6. The minimum absolute atomic E-state index is 0.120. The highest BCUT2D eigenvalue weighted by molar-refractivity contribution is 6.09. The molecule has 168 valence electrons. The summed E-state index contributed by atoms with van der Waals surface area (Å²) in [6, 6.07) is 9.09. The van der Waals surface area contributed by atoms with E-state index in [-0.39, 0.29) is 11.4 Å². The molecule has 1 atom stereocenters. The smallest absolute Gasteiger partial charge is 0.142 e. The molecule has 2 aliphatic rings. The van der Waals surface area contributed by atoms with Crippen molar-refractivity contribution in [2.75, 3.05) is 17.2 Å². The third kappa shape index (κ3) is 3.31. The number of hydrogen-bond acceptors (Lipinski definition) is 5. The molecular formula is C28H31N5. The van der Waals surface area contributed by atoms with Crippen LogP contribution in [0.1, 0.15) is 86.0 Å². The summed E-state index contributed by atoms with van der Waals surface area (Å²) in [4.78, 5) is 6.96. The van der Waals surface area contributed by atoms with Gasteiger partial charge in [0.25, 0.3) is 0 Å². The number of fused-ring (bicyclic) bond motifs is 2. The monoisotopic (exact) mass is 437 g/mol. The molecule has 5 heteroatoms. The van der Waals surface area contributed by atoms with Crippen molar-refractivity contribution in [2.45, 2.75) is 66.3 Å². The highest BCUT2D eigenvalue weighted by Crippen LogP contribution is 2.47. The molecule has 5 nitrogen and oxygen atoms in total. The Morgan fingerprint density at radius 3 is 2.52 bits per heavy atom. The first-order valence-electron chi connectivity index (χ1n) is 11.5. The first kappa shape index (κ1) is 22.6. The molecule has 0 amide bonds. The summed E-state index contributed by atoms with van der Waals surface area (Å²) in [5.41, 5.74) is 16.1. The number of rotatable bonds is 2. The van der Waals surface area contributed by atoms with Crippen LogP contribution in [0.3, 0.4) is 0 Å². The molecule has 1 aromatic heterocycles. The maximum Gasteiger partial charge on any atom is 0.142 e. The number of pyridine rings is 1. The highest BCUT2D eigenvalue weighted by atomic mass is 15.2. The van der Waals surface area contributed by atoms with E-state index in [4.69, 9.17) is 5.73 Å². The summed E-state index contributed by atoms with van der Waals surface area (Å²) < 4.78 is 0. The topological polar surface area (TPSA) is 89.7 Å². The Kier molecular flexibility index (Phi) is 5.33. The van der Waals surface area contributed by atoms with Crippen molar-refractivity contribution in [2.24, 2.45) is 0 Å². The lowest BCUT2D eigenvalue weighted by atomic mass is 9.79. The Bertz CT molecular complexity index is 1330. The van der Waals surface area contributed by atoms with Crippen LogP contribution < -0.4 is 10.6 Å². The summed E-state index contributed by atoms with van der Waals surface area (Å²) >= 11 is 0. The van der Waals surface area contributed by atoms with Crippen LogP contribution in [0.4, 0.5) is 11.5 Å². The molecule has 0 radical (unpaired) electrons. The van der Waals surface area contributed by atoms with Gasteiger partial charge in [-0.2, -0.15) is 10.5 Å². The van der Waals surface area contributed by atoms with Gasteiger partial charge in [0, 0.05) is 23.3 Å². The third-order valence-electron chi connectivity index (χ3n) is 7.37. The summed E-state index contributed by atoms with van der Waals surface area (Å²) in [5.74, 6) is 0.628. The van der Waals surface area contributed by atoms with E-state index in [1.807, 2.05) is 13.8 Å². The molecule has 0 fully saturated rings. The highest BCUT2D eigenvalue weighted by Gasteiger charge is 2.36. The van der Waals surface area contributed by atoms with Gasteiger partial charge in [-0.1, -0.05) is 6.92 Å². The number of nitrogen functional groups attached to an aromatic ring is 1. The van der Waals surface area contributed by atoms with Crippen molar-refractivity contribution in [3.8, 4) is 12.1 Å². The van der Waals surface area contributed by atoms with Crippen LogP contribution in [0.5, 0.6) is 0 Å². The number of benzene rings is 1. The van der Waals surface area contributed by atoms with Crippen LogP contribution in [0.2, 0.25) is 0 Å². The zero-order valence-corrected chi connectivity index (χ0v) is 20.6. The number of aryl methyl sites for hydroxylation is 1. The van der Waals surface area contributed by atoms with Gasteiger partial charge in [-0.25, -0.2) is 4.98 Å². The second-order valence-electron chi connectivity index (χ2n) is 9.93. The van der Waals surface area contributed by atoms with Crippen molar-refractivity contribution in [3.05, 3.63) is 56.8 Å². The minimum Gasteiger partial charge on any atom is -0.383 e. The fourth-order valence-electron chi connectivity index (χ4n) is 5.76. The standard InChI is InChI=1S/C28H31N5/c1-8-33-24-9-15(2)19(10-20(24)16(3)12-28(33,6)7)11-21-17(4)22(13-29)26-25(21)18(5)23(14-30)27(31)32-26/h9-11,16H,8,12H2,1-7H3,(H2,31,32)/b21-11-/t16-/m0/s1. The maximum absolute atomic E-state index is 9.84. The summed E-state index contributed by atoms with van der Waals surface area (Å²) in [6.07, 6.45) is 3.25. The Hall–Kier alpha value is -3.57. The van der Waals surface area contributed by atoms with Crippen LogP contribution >= 0.6 is 0 Å². The molecular weight excluding hydrogens is 406 g/mol. The number of aromatic nitrogens is 1. The van der Waals surface area contributed by atoms with Crippen molar-refractivity contribution in [1.29, 1.82) is 10.5 Å². The predicted octanol–water partition coefficient (Wildman–Crippen LogP) is 6.12. The van der Waals surface area contributed by atoms with Crippen LogP contribution in [-0.2, 0) is 0 Å². The average molecular weight is 438 g/mol. The zero-order chi connectivity index (χ0) is 24.2. The molecule has 1 aliphatic heterocycles. The van der Waals surface area contributed by atoms with Crippen molar-refractivity contribution in [3.63, 3.8) is 0 Å². The van der Waals surface area contributed by atoms with E-state index >= 15 is 0 Å². The Balaban J connectivity index is 1.95. The van der Waals surface area contributed by atoms with E-state index in [0.717, 1.165) is 40.8 Å². The first-order valence-corrected chi connectivity index (χ1v) is 11.5. The molecule has 0 saturated carbocycles. The largest absolute Gasteiger partial charge is 0.383 e. The molecule has 4 rings (SSSR count). The van der Waals surface area contributed by atoms with Crippen molar-refractivity contribution < 1.29 is 0 Å². The molecule has 0 bridgehead atoms. The van der Waals surface area contributed by atoms with Crippen LogP contribution in [0, 0.1) is 36.5 Å². The lowest BCUT2D eigenvalue weighted by Crippen LogP contribution is -2.48. The van der Waals surface area contributed by atoms with E-state index < -0.39 is 0 Å². The van der Waals surface area contributed by atoms with E-state index in [9.17, 15) is 10.5 Å². The van der Waals surface area contributed by atoms with Gasteiger partial charge < -0.3 is 10.6 Å². The maximum atomic E-state index is 9.84. The fourth-order valence-corrected chi connectivity index (χ4v) is 5.76. The predicted molar refractivity (Wildman–Crippen MR) is 135 cm³/mol. The number of hydrogen-bond donors (Lipinski definition) is 1. The van der Waals surface area contributed by atoms with Gasteiger partial charge in [0.1, 0.15) is 18.0 Å². The van der Waals surface area contributed by atoms with E-state index in [1.54, 1.807) is 0 Å². The van der Waals surface area contributed by atoms with Gasteiger partial charge in [-0.05, 0) is 105 Å². The molecule has 0 spiro atoms. The number of nitrogens with two attached hydrogens (primary N) is 1. The summed E-state index contributed by atoms with van der Waals surface area (Å²) in [6.45, 7) is 16.1. The molecule has 2 heterocycles. The van der Waals surface area contributed by atoms with Crippen molar-refractivity contribution >= 4 is 28.7 Å². The quantitative estimate of drug-likeness (QED) is 0.611. The fraction of sp³-hybridized carbons (Fsp3) is 0.393. The Morgan fingerprint density at radius 1 is 1.21 bits per heavy atom. The van der Waals surface area contributed by atoms with E-state index in [0.29, 0.717) is 22.7 Å². The molecule has 33 heavy (non-hydrogen) atoms. The van der Waals surface area contributed by atoms with Crippen LogP contribution in [-0.4, -0.2) is 17.1 Å². The Morgan fingerprint density at radius 2 is 1.91 bits per heavy atom. The molecule has 0 unspecified atom stereocenters. The van der Waals surface area contributed by atoms with Gasteiger partial charge in [-0.15, -0.1) is 0 Å². The minimum atomic E-state index is 0.120. The number of allylic oxidation sites excluding steroid dienone is 3. The normalized spacial score (nSPS) is 19.8. The first-order chi connectivity index (χ1) is 15.5. The van der Waals surface area contributed by atoms with E-state index in [1.165, 1.54) is 16.8 Å². The molecule has 2 N–H and O–H groups in total. The Labute approximate surface area is 196 Å². The molecule has 1 aromatic carbocycles. The lowest BCUT2D eigenvalue weighted by Gasteiger charge is -2.47. The second kappa shape index (κ2) is 7.78. The van der Waals surface area contributed by atoms with Gasteiger partial charge in [0.2, 0.25) is 0 Å². The number of anilines is 2. The van der Waals surface area contributed by atoms with Gasteiger partial charge >= 0.3 is 0 Å². The van der Waals surface area contributed by atoms with Gasteiger partial charge in [-0.3, -0.25) is 0 Å². The lowest BCUT2D eigenvalue weighted by molar-refractivity contribution is 0.381. The third-order valence-corrected chi connectivity index (χ3v) is 7.37. The molecule has 0 saturated heterocycles.